The normalized spacial score (nSPS) is 20.3. The molecule has 26 heavy (non-hydrogen) atoms. The van der Waals surface area contributed by atoms with Crippen LogP contribution in [-0.4, -0.2) is 40.2 Å². The summed E-state index contributed by atoms with van der Waals surface area (Å²) in [6.45, 7) is 2.64. The predicted octanol–water partition coefficient (Wildman–Crippen LogP) is 3.73. The van der Waals surface area contributed by atoms with Gasteiger partial charge in [-0.05, 0) is 37.1 Å². The summed E-state index contributed by atoms with van der Waals surface area (Å²) in [6.07, 6.45) is 3.62. The third-order valence-corrected chi connectivity index (χ3v) is 5.78. The minimum absolute atomic E-state index is 0.424. The van der Waals surface area contributed by atoms with Gasteiger partial charge in [0.15, 0.2) is 5.96 Å². The minimum Gasteiger partial charge on any atom is -0.354 e. The second-order valence-corrected chi connectivity index (χ2v) is 8.19. The first-order valence-corrected chi connectivity index (χ1v) is 10.3. The lowest BCUT2D eigenvalue weighted by Crippen LogP contribution is -2.42. The highest BCUT2D eigenvalue weighted by atomic mass is 35.5. The predicted molar refractivity (Wildman–Crippen MR) is 108 cm³/mol. The second kappa shape index (κ2) is 9.28. The molecule has 1 aromatic carbocycles. The Kier molecular flexibility index (Phi) is 6.80. The molecule has 6 nitrogen and oxygen atoms in total. The van der Waals surface area contributed by atoms with Crippen molar-refractivity contribution in [2.75, 3.05) is 12.8 Å². The largest absolute Gasteiger partial charge is 0.354 e. The van der Waals surface area contributed by atoms with Gasteiger partial charge < -0.3 is 15.2 Å². The molecule has 2 N–H and O–H groups in total. The van der Waals surface area contributed by atoms with Gasteiger partial charge in [0.1, 0.15) is 0 Å². The maximum Gasteiger partial charge on any atom is 0.246 e. The zero-order valence-electron chi connectivity index (χ0n) is 15.0. The number of hydrogen-bond donors (Lipinski definition) is 2. The first-order chi connectivity index (χ1) is 12.7. The maximum atomic E-state index is 6.01. The molecule has 1 fully saturated rings. The fourth-order valence-corrected chi connectivity index (χ4v) is 4.41. The molecule has 0 saturated heterocycles. The van der Waals surface area contributed by atoms with E-state index in [4.69, 9.17) is 16.1 Å². The molecular weight excluding hydrogens is 370 g/mol. The summed E-state index contributed by atoms with van der Waals surface area (Å²) in [5, 5.41) is 12.2. The van der Waals surface area contributed by atoms with Crippen molar-refractivity contribution in [3.8, 4) is 11.4 Å². The van der Waals surface area contributed by atoms with Gasteiger partial charge in [0.05, 0.1) is 6.54 Å². The summed E-state index contributed by atoms with van der Waals surface area (Å²) in [5.41, 5.74) is 0.834. The molecule has 0 radical (unpaired) electrons. The molecule has 0 bridgehead atoms. The van der Waals surface area contributed by atoms with E-state index >= 15 is 0 Å². The Balaban J connectivity index is 1.52. The van der Waals surface area contributed by atoms with Crippen LogP contribution in [0, 0.1) is 0 Å². The van der Waals surface area contributed by atoms with Gasteiger partial charge in [-0.15, -0.1) is 0 Å². The maximum absolute atomic E-state index is 6.01. The third-order valence-electron chi connectivity index (χ3n) is 4.31. The molecule has 1 heterocycles. The van der Waals surface area contributed by atoms with Gasteiger partial charge in [-0.25, -0.2) is 0 Å². The lowest BCUT2D eigenvalue weighted by Gasteiger charge is -2.16. The Morgan fingerprint density at radius 2 is 2.31 bits per heavy atom. The van der Waals surface area contributed by atoms with E-state index < -0.39 is 0 Å². The van der Waals surface area contributed by atoms with Crippen molar-refractivity contribution in [1.29, 1.82) is 0 Å². The lowest BCUT2D eigenvalue weighted by molar-refractivity contribution is 0.375. The second-order valence-electron chi connectivity index (χ2n) is 6.18. The summed E-state index contributed by atoms with van der Waals surface area (Å²) < 4.78 is 5.32. The monoisotopic (exact) mass is 393 g/mol. The molecule has 2 unspecified atom stereocenters. The number of guanidine groups is 1. The van der Waals surface area contributed by atoms with Crippen LogP contribution in [0.2, 0.25) is 5.02 Å². The molecule has 1 aliphatic rings. The van der Waals surface area contributed by atoms with E-state index in [0.29, 0.717) is 29.3 Å². The standard InChI is InChI=1S/C18H24ClN5OS/c1-3-26-15-8-7-14(10-15)22-18(20-2)21-11-16-23-17(24-25-16)12-5-4-6-13(19)9-12/h4-6,9,14-15H,3,7-8,10-11H2,1-2H3,(H2,20,21,22). The van der Waals surface area contributed by atoms with E-state index in [1.54, 1.807) is 7.05 Å². The van der Waals surface area contributed by atoms with Gasteiger partial charge in [0, 0.05) is 28.9 Å². The average Bonchev–Trinajstić information content (AvgIpc) is 3.28. The van der Waals surface area contributed by atoms with Gasteiger partial charge in [-0.3, -0.25) is 4.99 Å². The Bertz CT molecular complexity index is 751. The van der Waals surface area contributed by atoms with Crippen LogP contribution >= 0.6 is 23.4 Å². The quantitative estimate of drug-likeness (QED) is 0.575. The number of hydrogen-bond acceptors (Lipinski definition) is 5. The van der Waals surface area contributed by atoms with Crippen LogP contribution in [0.1, 0.15) is 32.1 Å². The molecule has 2 aromatic rings. The molecular formula is C18H24ClN5OS. The van der Waals surface area contributed by atoms with E-state index in [1.165, 1.54) is 25.0 Å². The number of rotatable bonds is 6. The summed E-state index contributed by atoms with van der Waals surface area (Å²) in [6, 6.07) is 7.86. The number of nitrogens with zero attached hydrogens (tertiary/aromatic N) is 3. The Morgan fingerprint density at radius 1 is 1.42 bits per heavy atom. The lowest BCUT2D eigenvalue weighted by atomic mass is 10.2. The minimum atomic E-state index is 0.424. The molecule has 1 aromatic heterocycles. The zero-order chi connectivity index (χ0) is 18.4. The van der Waals surface area contributed by atoms with Gasteiger partial charge in [-0.2, -0.15) is 16.7 Å². The molecule has 1 saturated carbocycles. The smallest absolute Gasteiger partial charge is 0.246 e. The number of benzene rings is 1. The van der Waals surface area contributed by atoms with E-state index in [9.17, 15) is 0 Å². The van der Waals surface area contributed by atoms with E-state index in [-0.39, 0.29) is 0 Å². The Hall–Kier alpha value is -1.73. The number of halogens is 1. The highest BCUT2D eigenvalue weighted by molar-refractivity contribution is 7.99. The molecule has 0 aliphatic heterocycles. The summed E-state index contributed by atoms with van der Waals surface area (Å²) >= 11 is 8.06. The van der Waals surface area contributed by atoms with Gasteiger partial charge in [-0.1, -0.05) is 35.8 Å². The van der Waals surface area contributed by atoms with Crippen LogP contribution in [0.4, 0.5) is 0 Å². The molecule has 140 valence electrons. The van der Waals surface area contributed by atoms with Gasteiger partial charge in [0.2, 0.25) is 11.7 Å². The molecule has 8 heteroatoms. The molecule has 2 atom stereocenters. The van der Waals surface area contributed by atoms with Crippen molar-refractivity contribution in [3.63, 3.8) is 0 Å². The van der Waals surface area contributed by atoms with Crippen LogP contribution in [0.3, 0.4) is 0 Å². The van der Waals surface area contributed by atoms with E-state index in [0.717, 1.165) is 16.8 Å². The highest BCUT2D eigenvalue weighted by Crippen LogP contribution is 2.29. The Labute approximate surface area is 163 Å². The summed E-state index contributed by atoms with van der Waals surface area (Å²) in [7, 11) is 1.77. The number of thioether (sulfide) groups is 1. The molecule has 1 aliphatic carbocycles. The van der Waals surface area contributed by atoms with Crippen LogP contribution in [0.25, 0.3) is 11.4 Å². The first kappa shape index (κ1) is 19.0. The van der Waals surface area contributed by atoms with Crippen molar-refractivity contribution >= 4 is 29.3 Å². The molecule has 0 spiro atoms. The van der Waals surface area contributed by atoms with Crippen molar-refractivity contribution in [1.82, 2.24) is 20.8 Å². The highest BCUT2D eigenvalue weighted by Gasteiger charge is 2.25. The summed E-state index contributed by atoms with van der Waals surface area (Å²) in [4.78, 5) is 8.71. The van der Waals surface area contributed by atoms with Crippen molar-refractivity contribution in [2.45, 2.75) is 44.0 Å². The zero-order valence-corrected chi connectivity index (χ0v) is 16.6. The van der Waals surface area contributed by atoms with Crippen molar-refractivity contribution in [2.24, 2.45) is 4.99 Å². The number of aliphatic imine (C=N–C) groups is 1. The van der Waals surface area contributed by atoms with Crippen LogP contribution in [-0.2, 0) is 6.54 Å². The Morgan fingerprint density at radius 3 is 3.08 bits per heavy atom. The number of nitrogens with one attached hydrogen (secondary N) is 2. The average molecular weight is 394 g/mol. The van der Waals surface area contributed by atoms with Crippen LogP contribution < -0.4 is 10.6 Å². The molecule has 0 amide bonds. The van der Waals surface area contributed by atoms with Crippen LogP contribution in [0.5, 0.6) is 0 Å². The molecule has 3 rings (SSSR count). The van der Waals surface area contributed by atoms with Crippen molar-refractivity contribution < 1.29 is 4.52 Å². The first-order valence-electron chi connectivity index (χ1n) is 8.85. The van der Waals surface area contributed by atoms with Crippen LogP contribution in [0.15, 0.2) is 33.8 Å². The topological polar surface area (TPSA) is 75.3 Å². The van der Waals surface area contributed by atoms with Gasteiger partial charge in [0.25, 0.3) is 0 Å². The van der Waals surface area contributed by atoms with E-state index in [1.807, 2.05) is 36.0 Å². The van der Waals surface area contributed by atoms with E-state index in [2.05, 4.69) is 32.7 Å². The summed E-state index contributed by atoms with van der Waals surface area (Å²) in [5.74, 6) is 2.98. The van der Waals surface area contributed by atoms with Crippen molar-refractivity contribution in [3.05, 3.63) is 35.2 Å². The fraction of sp³-hybridized carbons (Fsp3) is 0.500. The van der Waals surface area contributed by atoms with Gasteiger partial charge >= 0.3 is 0 Å². The number of aromatic nitrogens is 2. The SMILES string of the molecule is CCSC1CCC(NC(=NC)NCc2nc(-c3cccc(Cl)c3)no2)C1. The fourth-order valence-electron chi connectivity index (χ4n) is 3.08. The third kappa shape index (κ3) is 5.14.